The Bertz CT molecular complexity index is 396. The minimum atomic E-state index is 0.200. The summed E-state index contributed by atoms with van der Waals surface area (Å²) in [5.74, 6) is 0.200. The van der Waals surface area contributed by atoms with E-state index in [1.807, 2.05) is 12.1 Å². The summed E-state index contributed by atoms with van der Waals surface area (Å²) >= 11 is 0. The Morgan fingerprint density at radius 1 is 1.53 bits per heavy atom. The van der Waals surface area contributed by atoms with E-state index in [1.165, 1.54) is 5.56 Å². The number of rotatable bonds is 4. The maximum Gasteiger partial charge on any atom is 0.163 e. The lowest BCUT2D eigenvalue weighted by Gasteiger charge is -2.03. The van der Waals surface area contributed by atoms with Crippen molar-refractivity contribution in [1.82, 2.24) is 0 Å². The van der Waals surface area contributed by atoms with E-state index in [0.29, 0.717) is 6.42 Å². The Balaban J connectivity index is 2.15. The van der Waals surface area contributed by atoms with Crippen molar-refractivity contribution < 1.29 is 4.79 Å². The van der Waals surface area contributed by atoms with Gasteiger partial charge in [0.2, 0.25) is 0 Å². The van der Waals surface area contributed by atoms with Crippen molar-refractivity contribution in [2.75, 3.05) is 11.9 Å². The van der Waals surface area contributed by atoms with Crippen molar-refractivity contribution in [2.45, 2.75) is 19.3 Å². The van der Waals surface area contributed by atoms with Crippen LogP contribution in [-0.4, -0.2) is 12.3 Å². The fraction of sp³-hybridized carbons (Fsp3) is 0.308. The van der Waals surface area contributed by atoms with Crippen LogP contribution in [-0.2, 0) is 6.42 Å². The summed E-state index contributed by atoms with van der Waals surface area (Å²) in [6.45, 7) is 4.61. The average molecular weight is 201 g/mol. The molecule has 0 unspecified atom stereocenters. The molecule has 0 aliphatic carbocycles. The highest BCUT2D eigenvalue weighted by atomic mass is 16.1. The summed E-state index contributed by atoms with van der Waals surface area (Å²) in [6, 6.07) is 5.95. The largest absolute Gasteiger partial charge is 0.384 e. The van der Waals surface area contributed by atoms with Gasteiger partial charge in [-0.1, -0.05) is 18.2 Å². The fourth-order valence-electron chi connectivity index (χ4n) is 1.84. The molecule has 0 saturated heterocycles. The second kappa shape index (κ2) is 4.30. The van der Waals surface area contributed by atoms with Crippen molar-refractivity contribution in [2.24, 2.45) is 0 Å². The number of benzene rings is 1. The molecule has 0 aromatic heterocycles. The molecule has 1 aromatic rings. The summed E-state index contributed by atoms with van der Waals surface area (Å²) < 4.78 is 0. The van der Waals surface area contributed by atoms with Crippen LogP contribution in [0.5, 0.6) is 0 Å². The molecule has 2 heteroatoms. The highest BCUT2D eigenvalue weighted by Crippen LogP contribution is 2.23. The number of Topliss-reactive ketones (excluding diaryl/α,β-unsaturated/α-hetero) is 1. The minimum absolute atomic E-state index is 0.200. The van der Waals surface area contributed by atoms with Crippen LogP contribution < -0.4 is 5.32 Å². The predicted molar refractivity (Wildman–Crippen MR) is 62.4 cm³/mol. The van der Waals surface area contributed by atoms with E-state index in [2.05, 4.69) is 18.0 Å². The Kier molecular flexibility index (Phi) is 2.86. The number of hydrogen-bond acceptors (Lipinski definition) is 2. The summed E-state index contributed by atoms with van der Waals surface area (Å²) in [5, 5.41) is 3.28. The Morgan fingerprint density at radius 2 is 2.40 bits per heavy atom. The SMILES string of the molecule is C=CCCC(=O)c1ccc2c(c1)NCC2. The first kappa shape index (κ1) is 9.97. The Hall–Kier alpha value is -1.57. The quantitative estimate of drug-likeness (QED) is 0.599. The molecule has 1 aliphatic heterocycles. The molecule has 1 aromatic carbocycles. The molecule has 0 atom stereocenters. The van der Waals surface area contributed by atoms with Crippen LogP contribution in [0.4, 0.5) is 5.69 Å². The summed E-state index contributed by atoms with van der Waals surface area (Å²) in [5.41, 5.74) is 3.25. The normalized spacial score (nSPS) is 13.1. The number of hydrogen-bond donors (Lipinski definition) is 1. The second-order valence-electron chi connectivity index (χ2n) is 3.80. The van der Waals surface area contributed by atoms with E-state index in [-0.39, 0.29) is 5.78 Å². The highest BCUT2D eigenvalue weighted by molar-refractivity contribution is 5.97. The lowest BCUT2D eigenvalue weighted by Crippen LogP contribution is -1.99. The third kappa shape index (κ3) is 2.09. The number of carbonyl (C=O) groups excluding carboxylic acids is 1. The molecule has 15 heavy (non-hydrogen) atoms. The van der Waals surface area contributed by atoms with Crippen molar-refractivity contribution in [3.8, 4) is 0 Å². The van der Waals surface area contributed by atoms with Crippen LogP contribution in [0.3, 0.4) is 0 Å². The first-order valence-electron chi connectivity index (χ1n) is 5.32. The Morgan fingerprint density at radius 3 is 3.20 bits per heavy atom. The van der Waals surface area contributed by atoms with Gasteiger partial charge < -0.3 is 5.32 Å². The molecule has 2 nitrogen and oxygen atoms in total. The zero-order valence-electron chi connectivity index (χ0n) is 8.75. The summed E-state index contributed by atoms with van der Waals surface area (Å²) in [6.07, 6.45) is 4.16. The van der Waals surface area contributed by atoms with Gasteiger partial charge in [0.25, 0.3) is 0 Å². The van der Waals surface area contributed by atoms with Crippen LogP contribution in [0.2, 0.25) is 0 Å². The molecule has 78 valence electrons. The lowest BCUT2D eigenvalue weighted by molar-refractivity contribution is 0.0984. The minimum Gasteiger partial charge on any atom is -0.384 e. The fourth-order valence-corrected chi connectivity index (χ4v) is 1.84. The van der Waals surface area contributed by atoms with Gasteiger partial charge in [0, 0.05) is 24.2 Å². The molecule has 0 radical (unpaired) electrons. The van der Waals surface area contributed by atoms with Gasteiger partial charge >= 0.3 is 0 Å². The van der Waals surface area contributed by atoms with Gasteiger partial charge in [0.05, 0.1) is 0 Å². The standard InChI is InChI=1S/C13H15NO/c1-2-3-4-13(15)11-6-5-10-7-8-14-12(10)9-11/h2,5-6,9,14H,1,3-4,7-8H2. The number of anilines is 1. The predicted octanol–water partition coefficient (Wildman–Crippen LogP) is 2.80. The number of fused-ring (bicyclic) bond motifs is 1. The van der Waals surface area contributed by atoms with Crippen molar-refractivity contribution in [1.29, 1.82) is 0 Å². The number of nitrogens with one attached hydrogen (secondary N) is 1. The van der Waals surface area contributed by atoms with Crippen LogP contribution in [0, 0.1) is 0 Å². The molecule has 0 spiro atoms. The number of ketones is 1. The molecule has 0 fully saturated rings. The number of carbonyl (C=O) groups is 1. The molecule has 1 aliphatic rings. The molecule has 1 N–H and O–H groups in total. The summed E-state index contributed by atoms with van der Waals surface area (Å²) in [7, 11) is 0. The van der Waals surface area contributed by atoms with Crippen LogP contribution in [0.15, 0.2) is 30.9 Å². The second-order valence-corrected chi connectivity index (χ2v) is 3.80. The average Bonchev–Trinajstić information content (AvgIpc) is 2.72. The van der Waals surface area contributed by atoms with Gasteiger partial charge in [-0.15, -0.1) is 6.58 Å². The van der Waals surface area contributed by atoms with E-state index in [0.717, 1.165) is 30.6 Å². The monoisotopic (exact) mass is 201 g/mol. The summed E-state index contributed by atoms with van der Waals surface area (Å²) in [4.78, 5) is 11.7. The van der Waals surface area contributed by atoms with E-state index in [1.54, 1.807) is 6.08 Å². The van der Waals surface area contributed by atoms with Gasteiger partial charge in [-0.05, 0) is 24.5 Å². The number of allylic oxidation sites excluding steroid dienone is 1. The zero-order chi connectivity index (χ0) is 10.7. The van der Waals surface area contributed by atoms with Gasteiger partial charge in [0.1, 0.15) is 0 Å². The first-order valence-corrected chi connectivity index (χ1v) is 5.32. The van der Waals surface area contributed by atoms with Gasteiger partial charge in [0.15, 0.2) is 5.78 Å². The van der Waals surface area contributed by atoms with Crippen LogP contribution in [0.1, 0.15) is 28.8 Å². The van der Waals surface area contributed by atoms with Gasteiger partial charge in [-0.2, -0.15) is 0 Å². The third-order valence-electron chi connectivity index (χ3n) is 2.72. The molecular weight excluding hydrogens is 186 g/mol. The van der Waals surface area contributed by atoms with Gasteiger partial charge in [-0.3, -0.25) is 4.79 Å². The first-order chi connectivity index (χ1) is 7.31. The molecule has 0 bridgehead atoms. The lowest BCUT2D eigenvalue weighted by atomic mass is 10.0. The van der Waals surface area contributed by atoms with Crippen molar-refractivity contribution >= 4 is 11.5 Å². The third-order valence-corrected chi connectivity index (χ3v) is 2.72. The van der Waals surface area contributed by atoms with Crippen LogP contribution in [0.25, 0.3) is 0 Å². The van der Waals surface area contributed by atoms with E-state index in [4.69, 9.17) is 0 Å². The van der Waals surface area contributed by atoms with E-state index in [9.17, 15) is 4.79 Å². The molecule has 0 amide bonds. The van der Waals surface area contributed by atoms with Crippen molar-refractivity contribution in [3.63, 3.8) is 0 Å². The highest BCUT2D eigenvalue weighted by Gasteiger charge is 2.12. The van der Waals surface area contributed by atoms with Crippen molar-refractivity contribution in [3.05, 3.63) is 42.0 Å². The molecule has 1 heterocycles. The molecular formula is C13H15NO. The Labute approximate surface area is 90.0 Å². The maximum absolute atomic E-state index is 11.7. The zero-order valence-corrected chi connectivity index (χ0v) is 8.75. The van der Waals surface area contributed by atoms with E-state index >= 15 is 0 Å². The van der Waals surface area contributed by atoms with Gasteiger partial charge in [-0.25, -0.2) is 0 Å². The molecule has 0 saturated carbocycles. The maximum atomic E-state index is 11.7. The smallest absolute Gasteiger partial charge is 0.163 e. The topological polar surface area (TPSA) is 29.1 Å². The molecule has 2 rings (SSSR count). The van der Waals surface area contributed by atoms with Crippen LogP contribution >= 0.6 is 0 Å². The van der Waals surface area contributed by atoms with E-state index < -0.39 is 0 Å².